The minimum Gasteiger partial charge on any atom is -0.191 e. The van der Waals surface area contributed by atoms with Gasteiger partial charge in [0.1, 0.15) is 5.56 Å². The van der Waals surface area contributed by atoms with Crippen molar-refractivity contribution in [2.45, 2.75) is 0 Å². The molecule has 0 unspecified atom stereocenters. The van der Waals surface area contributed by atoms with Crippen molar-refractivity contribution in [3.63, 3.8) is 0 Å². The van der Waals surface area contributed by atoms with Gasteiger partial charge in [-0.25, -0.2) is 0 Å². The number of benzene rings is 1. The number of hydrogen-bond donors (Lipinski definition) is 0. The molecule has 1 aromatic carbocycles. The van der Waals surface area contributed by atoms with Gasteiger partial charge < -0.3 is 0 Å². The van der Waals surface area contributed by atoms with E-state index in [1.54, 1.807) is 0 Å². The lowest BCUT2D eigenvalue weighted by Crippen LogP contribution is -1.76. The number of halogens is 2. The molecule has 1 aromatic rings. The van der Waals surface area contributed by atoms with Gasteiger partial charge in [0, 0.05) is 30.7 Å². The topological polar surface area (TPSA) is 0 Å². The van der Waals surface area contributed by atoms with Crippen LogP contribution in [-0.4, -0.2) is 0 Å². The quantitative estimate of drug-likeness (QED) is 0.490. The molecular formula is C7H5ClF+. The molecule has 0 bridgehead atoms. The molecule has 46 valence electrons. The zero-order chi connectivity index (χ0) is 6.85. The molecule has 0 fully saturated rings. The van der Waals surface area contributed by atoms with E-state index in [1.165, 1.54) is 18.2 Å². The summed E-state index contributed by atoms with van der Waals surface area (Å²) in [7, 11) is 0. The lowest BCUT2D eigenvalue weighted by atomic mass is 10.2. The molecule has 0 nitrogen and oxygen atoms in total. The standard InChI is InChI=1S/C7H5ClF/c1-5-4-6(9)2-3-7(5)8/h2-4H,1H2/q+1. The van der Waals surface area contributed by atoms with Crippen LogP contribution in [0.1, 0.15) is 5.56 Å². The molecule has 0 amide bonds. The van der Waals surface area contributed by atoms with E-state index in [9.17, 15) is 4.39 Å². The van der Waals surface area contributed by atoms with E-state index in [-0.39, 0.29) is 5.82 Å². The van der Waals surface area contributed by atoms with Gasteiger partial charge in [-0.15, -0.1) is 0 Å². The van der Waals surface area contributed by atoms with Crippen molar-refractivity contribution < 1.29 is 4.39 Å². The Balaban J connectivity index is 3.17. The molecule has 9 heavy (non-hydrogen) atoms. The van der Waals surface area contributed by atoms with E-state index in [1.807, 2.05) is 0 Å². The highest BCUT2D eigenvalue weighted by molar-refractivity contribution is 6.31. The smallest absolute Gasteiger partial charge is 0.180 e. The molecule has 0 aliphatic carbocycles. The maximum absolute atomic E-state index is 12.2. The number of hydrogen-bond acceptors (Lipinski definition) is 0. The third-order valence-electron chi connectivity index (χ3n) is 1.01. The molecule has 0 saturated carbocycles. The molecule has 0 radical (unpaired) electrons. The molecule has 0 atom stereocenters. The highest BCUT2D eigenvalue weighted by Crippen LogP contribution is 2.14. The second kappa shape index (κ2) is 2.28. The van der Waals surface area contributed by atoms with E-state index < -0.39 is 0 Å². The van der Waals surface area contributed by atoms with Crippen LogP contribution in [0.25, 0.3) is 0 Å². The van der Waals surface area contributed by atoms with Gasteiger partial charge in [-0.3, -0.25) is 0 Å². The van der Waals surface area contributed by atoms with Crippen LogP contribution in [0.15, 0.2) is 18.2 Å². The summed E-state index contributed by atoms with van der Waals surface area (Å²) in [4.78, 5) is 0. The van der Waals surface area contributed by atoms with E-state index in [0.29, 0.717) is 10.6 Å². The summed E-state index contributed by atoms with van der Waals surface area (Å²) in [5.41, 5.74) is 0.525. The van der Waals surface area contributed by atoms with Gasteiger partial charge in [0.05, 0.1) is 6.07 Å². The molecule has 0 aliphatic heterocycles. The van der Waals surface area contributed by atoms with Crippen LogP contribution in [0.3, 0.4) is 0 Å². The van der Waals surface area contributed by atoms with Crippen LogP contribution < -0.4 is 0 Å². The average Bonchev–Trinajstić information content (AvgIpc) is 1.80. The van der Waals surface area contributed by atoms with Crippen molar-refractivity contribution in [2.75, 3.05) is 0 Å². The fourth-order valence-electron chi connectivity index (χ4n) is 0.543. The predicted molar refractivity (Wildman–Crippen MR) is 35.9 cm³/mol. The Kier molecular flexibility index (Phi) is 1.63. The van der Waals surface area contributed by atoms with Gasteiger partial charge in [0.15, 0.2) is 10.8 Å². The van der Waals surface area contributed by atoms with E-state index in [0.717, 1.165) is 0 Å². The third kappa shape index (κ3) is 1.36. The normalized spacial score (nSPS) is 9.56. The van der Waals surface area contributed by atoms with Gasteiger partial charge >= 0.3 is 0 Å². The first-order valence-electron chi connectivity index (χ1n) is 2.47. The van der Waals surface area contributed by atoms with Crippen molar-refractivity contribution in [3.05, 3.63) is 41.5 Å². The zero-order valence-electron chi connectivity index (χ0n) is 4.70. The Labute approximate surface area is 58.3 Å². The summed E-state index contributed by atoms with van der Waals surface area (Å²) in [6.45, 7) is 3.51. The van der Waals surface area contributed by atoms with Crippen molar-refractivity contribution in [2.24, 2.45) is 0 Å². The average molecular weight is 144 g/mol. The Morgan fingerprint density at radius 3 is 2.56 bits per heavy atom. The first-order valence-corrected chi connectivity index (χ1v) is 2.85. The van der Waals surface area contributed by atoms with Gasteiger partial charge in [0.2, 0.25) is 0 Å². The highest BCUT2D eigenvalue weighted by atomic mass is 35.5. The lowest BCUT2D eigenvalue weighted by molar-refractivity contribution is 0.627. The largest absolute Gasteiger partial charge is 0.191 e. The summed E-state index contributed by atoms with van der Waals surface area (Å²) in [6, 6.07) is 4.08. The van der Waals surface area contributed by atoms with Gasteiger partial charge in [0.25, 0.3) is 0 Å². The second-order valence-electron chi connectivity index (χ2n) is 1.74. The molecule has 1 rings (SSSR count). The van der Waals surface area contributed by atoms with Crippen LogP contribution in [0.2, 0.25) is 5.02 Å². The SMILES string of the molecule is [CH2+]c1cc(F)ccc1Cl. The molecule has 0 heterocycles. The minimum atomic E-state index is -0.301. The van der Waals surface area contributed by atoms with Crippen molar-refractivity contribution in [1.29, 1.82) is 0 Å². The molecule has 0 aromatic heterocycles. The first-order chi connectivity index (χ1) is 4.20. The van der Waals surface area contributed by atoms with Crippen LogP contribution in [-0.2, 0) is 0 Å². The summed E-state index contributed by atoms with van der Waals surface area (Å²) in [5, 5.41) is 0.497. The second-order valence-corrected chi connectivity index (χ2v) is 2.14. The lowest BCUT2D eigenvalue weighted by Gasteiger charge is -1.84. The zero-order valence-corrected chi connectivity index (χ0v) is 5.45. The summed E-state index contributed by atoms with van der Waals surface area (Å²) < 4.78 is 12.2. The molecular weight excluding hydrogens is 139 g/mol. The summed E-state index contributed by atoms with van der Waals surface area (Å²) in [6.07, 6.45) is 0. The van der Waals surface area contributed by atoms with Crippen molar-refractivity contribution in [1.82, 2.24) is 0 Å². The fraction of sp³-hybridized carbons (Fsp3) is 0. The molecule has 0 aliphatic rings. The van der Waals surface area contributed by atoms with E-state index in [2.05, 4.69) is 6.92 Å². The van der Waals surface area contributed by atoms with E-state index >= 15 is 0 Å². The Morgan fingerprint density at radius 1 is 1.44 bits per heavy atom. The Morgan fingerprint density at radius 2 is 2.11 bits per heavy atom. The maximum atomic E-state index is 12.2. The monoisotopic (exact) mass is 143 g/mol. The number of rotatable bonds is 0. The Hall–Kier alpha value is -0.690. The Bertz CT molecular complexity index is 220. The van der Waals surface area contributed by atoms with Gasteiger partial charge in [-0.2, -0.15) is 4.39 Å². The van der Waals surface area contributed by atoms with Gasteiger partial charge in [-0.05, 0) is 0 Å². The third-order valence-corrected chi connectivity index (χ3v) is 1.38. The summed E-state index contributed by atoms with van der Waals surface area (Å²) in [5.74, 6) is -0.301. The van der Waals surface area contributed by atoms with E-state index in [4.69, 9.17) is 11.6 Å². The molecule has 0 N–H and O–H groups in total. The first kappa shape index (κ1) is 6.43. The highest BCUT2D eigenvalue weighted by Gasteiger charge is 2.03. The van der Waals surface area contributed by atoms with Crippen LogP contribution in [0.4, 0.5) is 4.39 Å². The van der Waals surface area contributed by atoms with Crippen molar-refractivity contribution >= 4 is 11.6 Å². The van der Waals surface area contributed by atoms with Crippen LogP contribution >= 0.6 is 11.6 Å². The molecule has 0 saturated heterocycles. The molecule has 0 spiro atoms. The molecule has 2 heteroatoms. The van der Waals surface area contributed by atoms with Crippen molar-refractivity contribution in [3.8, 4) is 0 Å². The predicted octanol–water partition coefficient (Wildman–Crippen LogP) is 2.66. The maximum Gasteiger partial charge on any atom is 0.180 e. The fourth-order valence-corrected chi connectivity index (χ4v) is 0.661. The van der Waals surface area contributed by atoms with Crippen LogP contribution in [0, 0.1) is 12.7 Å². The minimum absolute atomic E-state index is 0.301. The summed E-state index contributed by atoms with van der Waals surface area (Å²) >= 11 is 5.55. The van der Waals surface area contributed by atoms with Crippen LogP contribution in [0.5, 0.6) is 0 Å². The van der Waals surface area contributed by atoms with Gasteiger partial charge in [-0.1, -0.05) is 0 Å².